The molecule has 0 aliphatic carbocycles. The summed E-state index contributed by atoms with van der Waals surface area (Å²) < 4.78 is 5.47. The molecule has 0 amide bonds. The number of aromatic amines is 1. The zero-order valence-corrected chi connectivity index (χ0v) is 9.32. The van der Waals surface area contributed by atoms with Crippen molar-refractivity contribution >= 4 is 0 Å². The summed E-state index contributed by atoms with van der Waals surface area (Å²) in [6, 6.07) is 9.10. The Morgan fingerprint density at radius 2 is 2.00 bits per heavy atom. The predicted octanol–water partition coefficient (Wildman–Crippen LogP) is 0.903. The molecule has 0 saturated heterocycles. The molecule has 0 aliphatic heterocycles. The molecular formula is C11H10N6O. The van der Waals surface area contributed by atoms with Crippen molar-refractivity contribution in [1.29, 1.82) is 0 Å². The van der Waals surface area contributed by atoms with E-state index in [4.69, 9.17) is 10.2 Å². The van der Waals surface area contributed by atoms with Crippen LogP contribution in [0.4, 0.5) is 0 Å². The fourth-order valence-electron chi connectivity index (χ4n) is 1.57. The fraction of sp³-hybridized carbons (Fsp3) is 0.0909. The van der Waals surface area contributed by atoms with Crippen LogP contribution in [-0.4, -0.2) is 25.6 Å². The molecule has 3 N–H and O–H groups in total. The molecule has 1 atom stereocenters. The Labute approximate surface area is 102 Å². The van der Waals surface area contributed by atoms with Crippen LogP contribution in [0.2, 0.25) is 0 Å². The molecule has 0 bridgehead atoms. The van der Waals surface area contributed by atoms with Crippen molar-refractivity contribution in [2.75, 3.05) is 0 Å². The zero-order valence-electron chi connectivity index (χ0n) is 9.32. The van der Waals surface area contributed by atoms with Gasteiger partial charge < -0.3 is 10.2 Å². The normalized spacial score (nSPS) is 12.5. The predicted molar refractivity (Wildman–Crippen MR) is 62.1 cm³/mol. The first-order chi connectivity index (χ1) is 8.84. The van der Waals surface area contributed by atoms with Gasteiger partial charge in [0.2, 0.25) is 5.89 Å². The van der Waals surface area contributed by atoms with E-state index in [1.54, 1.807) is 0 Å². The van der Waals surface area contributed by atoms with E-state index in [-0.39, 0.29) is 0 Å². The molecule has 90 valence electrons. The van der Waals surface area contributed by atoms with Crippen LogP contribution < -0.4 is 5.73 Å². The van der Waals surface area contributed by atoms with Crippen LogP contribution >= 0.6 is 0 Å². The second kappa shape index (κ2) is 4.38. The molecule has 2 heterocycles. The largest absolute Gasteiger partial charge is 0.417 e. The summed E-state index contributed by atoms with van der Waals surface area (Å²) in [5.41, 5.74) is 7.45. The fourth-order valence-corrected chi connectivity index (χ4v) is 1.57. The minimum atomic E-state index is -0.445. The van der Waals surface area contributed by atoms with E-state index in [0.29, 0.717) is 17.5 Å². The molecular weight excluding hydrogens is 232 g/mol. The lowest BCUT2D eigenvalue weighted by Crippen LogP contribution is -2.11. The van der Waals surface area contributed by atoms with E-state index in [1.807, 2.05) is 30.3 Å². The molecule has 0 fully saturated rings. The zero-order chi connectivity index (χ0) is 12.4. The average molecular weight is 242 g/mol. The first kappa shape index (κ1) is 10.6. The lowest BCUT2D eigenvalue weighted by molar-refractivity contribution is 0.483. The molecule has 3 aromatic rings. The lowest BCUT2D eigenvalue weighted by Gasteiger charge is -2.05. The van der Waals surface area contributed by atoms with Crippen LogP contribution in [0.1, 0.15) is 17.5 Å². The van der Waals surface area contributed by atoms with E-state index in [0.717, 1.165) is 5.56 Å². The van der Waals surface area contributed by atoms with Crippen molar-refractivity contribution in [1.82, 2.24) is 25.6 Å². The number of rotatable bonds is 3. The van der Waals surface area contributed by atoms with Crippen molar-refractivity contribution in [2.45, 2.75) is 6.04 Å². The quantitative estimate of drug-likeness (QED) is 0.706. The number of nitrogens with two attached hydrogens (primary N) is 1. The van der Waals surface area contributed by atoms with Crippen LogP contribution in [0.5, 0.6) is 0 Å². The van der Waals surface area contributed by atoms with Gasteiger partial charge >= 0.3 is 0 Å². The summed E-state index contributed by atoms with van der Waals surface area (Å²) in [4.78, 5) is 0. The third-order valence-electron chi connectivity index (χ3n) is 2.50. The van der Waals surface area contributed by atoms with Crippen molar-refractivity contribution in [3.8, 4) is 11.6 Å². The van der Waals surface area contributed by atoms with Gasteiger partial charge in [-0.3, -0.25) is 0 Å². The van der Waals surface area contributed by atoms with Crippen LogP contribution in [-0.2, 0) is 0 Å². The van der Waals surface area contributed by atoms with E-state index < -0.39 is 6.04 Å². The third kappa shape index (κ3) is 1.87. The minimum Gasteiger partial charge on any atom is -0.417 e. The van der Waals surface area contributed by atoms with Gasteiger partial charge in [-0.15, -0.1) is 10.2 Å². The van der Waals surface area contributed by atoms with E-state index in [9.17, 15) is 0 Å². The second-order valence-corrected chi connectivity index (χ2v) is 3.69. The van der Waals surface area contributed by atoms with Gasteiger partial charge in [0.05, 0.1) is 6.20 Å². The lowest BCUT2D eigenvalue weighted by atomic mass is 10.1. The average Bonchev–Trinajstić information content (AvgIpc) is 3.09. The highest BCUT2D eigenvalue weighted by atomic mass is 16.4. The highest BCUT2D eigenvalue weighted by Crippen LogP contribution is 2.21. The van der Waals surface area contributed by atoms with Crippen LogP contribution in [0, 0.1) is 0 Å². The summed E-state index contributed by atoms with van der Waals surface area (Å²) in [5.74, 6) is 0.643. The number of aromatic nitrogens is 5. The number of nitrogens with one attached hydrogen (secondary N) is 1. The smallest absolute Gasteiger partial charge is 0.269 e. The van der Waals surface area contributed by atoms with Crippen LogP contribution in [0.15, 0.2) is 40.9 Å². The van der Waals surface area contributed by atoms with E-state index in [1.165, 1.54) is 6.20 Å². The standard InChI is InChI=1S/C11H10N6O/c12-9(7-4-2-1-3-5-7)11-16-15-10(18-11)8-6-13-17-14-8/h1-6,9H,12H2,(H,13,14,17). The van der Waals surface area contributed by atoms with E-state index in [2.05, 4.69) is 25.6 Å². The monoisotopic (exact) mass is 242 g/mol. The van der Waals surface area contributed by atoms with Crippen molar-refractivity contribution < 1.29 is 4.42 Å². The van der Waals surface area contributed by atoms with E-state index >= 15 is 0 Å². The SMILES string of the molecule is NC(c1ccccc1)c1nnc(-c2cn[nH]n2)o1. The Kier molecular flexibility index (Phi) is 2.58. The van der Waals surface area contributed by atoms with Crippen LogP contribution in [0.25, 0.3) is 11.6 Å². The van der Waals surface area contributed by atoms with Gasteiger partial charge in [0.25, 0.3) is 5.89 Å². The molecule has 3 rings (SSSR count). The first-order valence-corrected chi connectivity index (χ1v) is 5.34. The minimum absolute atomic E-state index is 0.296. The van der Waals surface area contributed by atoms with Gasteiger partial charge in [0, 0.05) is 0 Å². The molecule has 1 aromatic carbocycles. The molecule has 18 heavy (non-hydrogen) atoms. The Morgan fingerprint density at radius 3 is 2.72 bits per heavy atom. The molecule has 0 aliphatic rings. The molecule has 2 aromatic heterocycles. The maximum absolute atomic E-state index is 6.04. The number of H-pyrrole nitrogens is 1. The number of hydrogen-bond donors (Lipinski definition) is 2. The number of benzene rings is 1. The Balaban J connectivity index is 1.90. The summed E-state index contributed by atoms with van der Waals surface area (Å²) >= 11 is 0. The second-order valence-electron chi connectivity index (χ2n) is 3.69. The highest BCUT2D eigenvalue weighted by molar-refractivity contribution is 5.42. The summed E-state index contributed by atoms with van der Waals surface area (Å²) in [6.45, 7) is 0. The molecule has 1 unspecified atom stereocenters. The Morgan fingerprint density at radius 1 is 1.17 bits per heavy atom. The molecule has 0 saturated carbocycles. The summed E-state index contributed by atoms with van der Waals surface area (Å²) in [7, 11) is 0. The first-order valence-electron chi connectivity index (χ1n) is 5.34. The van der Waals surface area contributed by atoms with Crippen LogP contribution in [0.3, 0.4) is 0 Å². The number of hydrogen-bond acceptors (Lipinski definition) is 6. The highest BCUT2D eigenvalue weighted by Gasteiger charge is 2.17. The summed E-state index contributed by atoms with van der Waals surface area (Å²) in [6.07, 6.45) is 1.51. The van der Waals surface area contributed by atoms with Gasteiger partial charge in [-0.25, -0.2) is 0 Å². The molecule has 0 spiro atoms. The topological polar surface area (TPSA) is 107 Å². The molecule has 7 nitrogen and oxygen atoms in total. The molecule has 0 radical (unpaired) electrons. The van der Waals surface area contributed by atoms with Gasteiger partial charge in [-0.05, 0) is 5.56 Å². The van der Waals surface area contributed by atoms with Gasteiger partial charge in [0.1, 0.15) is 6.04 Å². The summed E-state index contributed by atoms with van der Waals surface area (Å²) in [5, 5.41) is 17.8. The van der Waals surface area contributed by atoms with Crippen molar-refractivity contribution in [3.63, 3.8) is 0 Å². The van der Waals surface area contributed by atoms with Gasteiger partial charge in [0.15, 0.2) is 5.69 Å². The van der Waals surface area contributed by atoms with Crippen molar-refractivity contribution in [3.05, 3.63) is 48.0 Å². The number of nitrogens with zero attached hydrogens (tertiary/aromatic N) is 4. The third-order valence-corrected chi connectivity index (χ3v) is 2.50. The Hall–Kier alpha value is -2.54. The Bertz CT molecular complexity index is 618. The van der Waals surface area contributed by atoms with Crippen molar-refractivity contribution in [2.24, 2.45) is 5.73 Å². The maximum atomic E-state index is 6.04. The van der Waals surface area contributed by atoms with Gasteiger partial charge in [-0.1, -0.05) is 30.3 Å². The molecule has 7 heteroatoms. The van der Waals surface area contributed by atoms with Gasteiger partial charge in [-0.2, -0.15) is 15.4 Å². The maximum Gasteiger partial charge on any atom is 0.269 e.